The summed E-state index contributed by atoms with van der Waals surface area (Å²) in [7, 11) is 1.90. The van der Waals surface area contributed by atoms with Gasteiger partial charge in [0.1, 0.15) is 5.69 Å². The molecule has 0 radical (unpaired) electrons. The molecule has 2 aliphatic rings. The average molecular weight is 421 g/mol. The first-order valence-corrected chi connectivity index (χ1v) is 11.0. The molecule has 1 fully saturated rings. The van der Waals surface area contributed by atoms with Crippen molar-refractivity contribution in [1.82, 2.24) is 14.3 Å². The molecule has 1 saturated carbocycles. The third-order valence-electron chi connectivity index (χ3n) is 6.42. The molecule has 7 heteroatoms. The number of nitrogens with zero attached hydrogens (tertiary/aromatic N) is 3. The lowest BCUT2D eigenvalue weighted by atomic mass is 9.81. The maximum Gasteiger partial charge on any atom is 0.273 e. The molecule has 7 nitrogen and oxygen atoms in total. The van der Waals surface area contributed by atoms with Crippen molar-refractivity contribution in [2.75, 3.05) is 12.1 Å². The highest BCUT2D eigenvalue weighted by atomic mass is 16.7. The van der Waals surface area contributed by atoms with Crippen molar-refractivity contribution >= 4 is 5.69 Å². The van der Waals surface area contributed by atoms with Crippen molar-refractivity contribution in [3.8, 4) is 22.6 Å². The number of aryl methyl sites for hydroxylation is 2. The number of rotatable bonds is 5. The molecule has 2 aromatic heterocycles. The Labute approximate surface area is 181 Å². The van der Waals surface area contributed by atoms with Crippen LogP contribution >= 0.6 is 0 Å². The van der Waals surface area contributed by atoms with Crippen LogP contribution < -0.4 is 20.3 Å². The molecule has 0 unspecified atom stereocenters. The van der Waals surface area contributed by atoms with Crippen LogP contribution in [0, 0.1) is 0 Å². The predicted molar refractivity (Wildman–Crippen MR) is 120 cm³/mol. The smallest absolute Gasteiger partial charge is 0.273 e. The Morgan fingerprint density at radius 3 is 2.61 bits per heavy atom. The maximum atomic E-state index is 12.9. The van der Waals surface area contributed by atoms with Crippen LogP contribution in [0.5, 0.6) is 11.5 Å². The molecule has 1 aliphatic heterocycles. The molecule has 3 aromatic rings. The van der Waals surface area contributed by atoms with Crippen molar-refractivity contribution in [3.05, 3.63) is 58.8 Å². The number of hydrogen-bond donors (Lipinski definition) is 1. The lowest BCUT2D eigenvalue weighted by Gasteiger charge is -2.30. The first kappa shape index (κ1) is 19.7. The first-order chi connectivity index (χ1) is 15.1. The molecular weight excluding hydrogens is 392 g/mol. The zero-order valence-electron chi connectivity index (χ0n) is 18.0. The summed E-state index contributed by atoms with van der Waals surface area (Å²) in [6, 6.07) is 8.56. The molecule has 1 aromatic carbocycles. The van der Waals surface area contributed by atoms with Crippen LogP contribution in [0.3, 0.4) is 0 Å². The summed E-state index contributed by atoms with van der Waals surface area (Å²) < 4.78 is 14.5. The van der Waals surface area contributed by atoms with Gasteiger partial charge in [-0.15, -0.1) is 0 Å². The van der Waals surface area contributed by atoms with Gasteiger partial charge in [-0.2, -0.15) is 5.10 Å². The molecule has 1 aliphatic carbocycles. The minimum Gasteiger partial charge on any atom is -0.454 e. The lowest BCUT2D eigenvalue weighted by molar-refractivity contribution is 0.174. The molecule has 1 N–H and O–H groups in total. The second-order valence-electron chi connectivity index (χ2n) is 8.44. The molecule has 162 valence electrons. The van der Waals surface area contributed by atoms with Crippen LogP contribution in [0.4, 0.5) is 5.69 Å². The van der Waals surface area contributed by atoms with E-state index >= 15 is 0 Å². The molecule has 31 heavy (non-hydrogen) atoms. The SMILES string of the molecule is CCn1cc(-c2cnn(C)c2)cc(NC2CCC(c3ccc4c(c3)OCO4)CC2)c1=O. The minimum absolute atomic E-state index is 0.0352. The third kappa shape index (κ3) is 3.92. The third-order valence-corrected chi connectivity index (χ3v) is 6.42. The van der Waals surface area contributed by atoms with Crippen LogP contribution in [0.25, 0.3) is 11.1 Å². The summed E-state index contributed by atoms with van der Waals surface area (Å²) in [4.78, 5) is 12.9. The van der Waals surface area contributed by atoms with Crippen LogP contribution in [0.2, 0.25) is 0 Å². The predicted octanol–water partition coefficient (Wildman–Crippen LogP) is 4.14. The lowest BCUT2D eigenvalue weighted by Crippen LogP contribution is -2.30. The second kappa shape index (κ2) is 8.13. The molecular formula is C24H28N4O3. The van der Waals surface area contributed by atoms with Crippen molar-refractivity contribution in [2.24, 2.45) is 7.05 Å². The fourth-order valence-electron chi connectivity index (χ4n) is 4.66. The van der Waals surface area contributed by atoms with E-state index in [1.807, 2.05) is 44.7 Å². The summed E-state index contributed by atoms with van der Waals surface area (Å²) in [6.07, 6.45) is 9.95. The van der Waals surface area contributed by atoms with Gasteiger partial charge in [0.25, 0.3) is 5.56 Å². The quantitative estimate of drug-likeness (QED) is 0.672. The van der Waals surface area contributed by atoms with Crippen LogP contribution in [0.15, 0.2) is 47.7 Å². The van der Waals surface area contributed by atoms with Crippen molar-refractivity contribution in [2.45, 2.75) is 51.1 Å². The average Bonchev–Trinajstić information content (AvgIpc) is 3.44. The molecule has 3 heterocycles. The van der Waals surface area contributed by atoms with Crippen molar-refractivity contribution in [1.29, 1.82) is 0 Å². The van der Waals surface area contributed by atoms with E-state index in [-0.39, 0.29) is 5.56 Å². The van der Waals surface area contributed by atoms with Gasteiger partial charge in [-0.3, -0.25) is 9.48 Å². The van der Waals surface area contributed by atoms with Gasteiger partial charge in [-0.25, -0.2) is 0 Å². The van der Waals surface area contributed by atoms with Gasteiger partial charge in [-0.05, 0) is 62.3 Å². The zero-order valence-corrected chi connectivity index (χ0v) is 18.0. The van der Waals surface area contributed by atoms with Gasteiger partial charge >= 0.3 is 0 Å². The Balaban J connectivity index is 1.30. The van der Waals surface area contributed by atoms with Gasteiger partial charge in [0.15, 0.2) is 11.5 Å². The Morgan fingerprint density at radius 1 is 1.06 bits per heavy atom. The summed E-state index contributed by atoms with van der Waals surface area (Å²) in [6.45, 7) is 2.94. The summed E-state index contributed by atoms with van der Waals surface area (Å²) in [5.41, 5.74) is 4.04. The molecule has 5 rings (SSSR count). The van der Waals surface area contributed by atoms with E-state index in [2.05, 4.69) is 22.5 Å². The van der Waals surface area contributed by atoms with Gasteiger partial charge in [0, 0.05) is 43.2 Å². The maximum absolute atomic E-state index is 12.9. The highest BCUT2D eigenvalue weighted by molar-refractivity contribution is 5.65. The Bertz CT molecular complexity index is 1140. The van der Waals surface area contributed by atoms with E-state index < -0.39 is 0 Å². The molecule has 0 bridgehead atoms. The number of pyridine rings is 1. The number of ether oxygens (including phenoxy) is 2. The van der Waals surface area contributed by atoms with E-state index in [4.69, 9.17) is 9.47 Å². The monoisotopic (exact) mass is 420 g/mol. The normalized spacial score (nSPS) is 20.1. The van der Waals surface area contributed by atoms with Crippen LogP contribution in [-0.2, 0) is 13.6 Å². The molecule has 0 atom stereocenters. The van der Waals surface area contributed by atoms with Crippen LogP contribution in [0.1, 0.15) is 44.1 Å². The van der Waals surface area contributed by atoms with E-state index in [1.165, 1.54) is 5.56 Å². The molecule has 0 amide bonds. The van der Waals surface area contributed by atoms with E-state index in [9.17, 15) is 4.79 Å². The Morgan fingerprint density at radius 2 is 1.87 bits per heavy atom. The topological polar surface area (TPSA) is 70.3 Å². The number of hydrogen-bond acceptors (Lipinski definition) is 5. The van der Waals surface area contributed by atoms with Gasteiger partial charge in [0.05, 0.1) is 6.20 Å². The fraction of sp³-hybridized carbons (Fsp3) is 0.417. The van der Waals surface area contributed by atoms with E-state index in [1.54, 1.807) is 9.25 Å². The van der Waals surface area contributed by atoms with E-state index in [0.717, 1.165) is 48.3 Å². The van der Waals surface area contributed by atoms with Crippen molar-refractivity contribution < 1.29 is 9.47 Å². The van der Waals surface area contributed by atoms with Gasteiger partial charge in [-0.1, -0.05) is 6.07 Å². The molecule has 0 spiro atoms. The highest BCUT2D eigenvalue weighted by Gasteiger charge is 2.25. The number of benzene rings is 1. The Kier molecular flexibility index (Phi) is 5.18. The zero-order chi connectivity index (χ0) is 21.4. The number of fused-ring (bicyclic) bond motifs is 1. The minimum atomic E-state index is 0.0352. The summed E-state index contributed by atoms with van der Waals surface area (Å²) in [5, 5.41) is 7.82. The summed E-state index contributed by atoms with van der Waals surface area (Å²) >= 11 is 0. The largest absolute Gasteiger partial charge is 0.454 e. The van der Waals surface area contributed by atoms with Gasteiger partial charge in [0.2, 0.25) is 6.79 Å². The molecule has 0 saturated heterocycles. The van der Waals surface area contributed by atoms with E-state index in [0.29, 0.717) is 31.0 Å². The number of aromatic nitrogens is 3. The standard InChI is InChI=1S/C24H28N4O3/c1-3-28-14-18(19-12-25-27(2)13-19)10-21(24(28)29)26-20-7-4-16(5-8-20)17-6-9-22-23(11-17)31-15-30-22/h6,9-14,16,20,26H,3-5,7-8,15H2,1-2H3. The summed E-state index contributed by atoms with van der Waals surface area (Å²) in [5.74, 6) is 2.20. The number of anilines is 1. The number of nitrogens with one attached hydrogen (secondary N) is 1. The van der Waals surface area contributed by atoms with Gasteiger partial charge < -0.3 is 19.4 Å². The second-order valence-corrected chi connectivity index (χ2v) is 8.44. The van der Waals surface area contributed by atoms with Crippen LogP contribution in [-0.4, -0.2) is 27.2 Å². The Hall–Kier alpha value is -3.22. The highest BCUT2D eigenvalue weighted by Crippen LogP contribution is 2.39. The fourth-order valence-corrected chi connectivity index (χ4v) is 4.66. The first-order valence-electron chi connectivity index (χ1n) is 11.0. The van der Waals surface area contributed by atoms with Crippen molar-refractivity contribution in [3.63, 3.8) is 0 Å².